The first kappa shape index (κ1) is 13.2. The molecule has 2 N–H and O–H groups in total. The van der Waals surface area contributed by atoms with Crippen molar-refractivity contribution in [1.82, 2.24) is 9.78 Å². The summed E-state index contributed by atoms with van der Waals surface area (Å²) in [6.07, 6.45) is 3.93. The van der Waals surface area contributed by atoms with Crippen molar-refractivity contribution in [1.29, 1.82) is 0 Å². The Morgan fingerprint density at radius 1 is 1.45 bits per heavy atom. The molecule has 1 aromatic heterocycles. The Bertz CT molecular complexity index is 652. The van der Waals surface area contributed by atoms with Crippen LogP contribution in [0.3, 0.4) is 0 Å². The summed E-state index contributed by atoms with van der Waals surface area (Å²) in [6.45, 7) is 0.596. The molecule has 0 atom stereocenters. The normalized spacial score (nSPS) is 14.6. The second-order valence-corrected chi connectivity index (χ2v) is 5.49. The summed E-state index contributed by atoms with van der Waals surface area (Å²) in [5, 5.41) is 4.32. The van der Waals surface area contributed by atoms with E-state index in [2.05, 4.69) is 5.10 Å². The summed E-state index contributed by atoms with van der Waals surface area (Å²) in [6, 6.07) is 2.63. The van der Waals surface area contributed by atoms with Gasteiger partial charge in [0, 0.05) is 18.2 Å². The number of ether oxygens (including phenoxy) is 1. The van der Waals surface area contributed by atoms with E-state index in [1.165, 1.54) is 29.7 Å². The van der Waals surface area contributed by atoms with Crippen LogP contribution in [-0.2, 0) is 7.05 Å². The quantitative estimate of drug-likeness (QED) is 0.942. The first-order valence-electron chi connectivity index (χ1n) is 6.46. The summed E-state index contributed by atoms with van der Waals surface area (Å²) in [5.74, 6) is 1.07. The molecular formula is C14H15ClFN3O. The number of hydrogen-bond donors (Lipinski definition) is 1. The topological polar surface area (TPSA) is 53.1 Å². The van der Waals surface area contributed by atoms with Gasteiger partial charge >= 0.3 is 0 Å². The number of anilines is 1. The molecule has 2 aromatic rings. The lowest BCUT2D eigenvalue weighted by molar-refractivity contribution is 0.301. The van der Waals surface area contributed by atoms with Gasteiger partial charge in [-0.3, -0.25) is 4.68 Å². The Morgan fingerprint density at radius 3 is 2.80 bits per heavy atom. The van der Waals surface area contributed by atoms with Crippen LogP contribution in [0.1, 0.15) is 12.8 Å². The summed E-state index contributed by atoms with van der Waals surface area (Å²) in [7, 11) is 1.73. The van der Waals surface area contributed by atoms with Crippen LogP contribution in [-0.4, -0.2) is 16.4 Å². The number of rotatable bonds is 4. The highest BCUT2D eigenvalue weighted by atomic mass is 35.5. The monoisotopic (exact) mass is 295 g/mol. The molecule has 106 valence electrons. The predicted molar refractivity (Wildman–Crippen MR) is 76.2 cm³/mol. The van der Waals surface area contributed by atoms with Gasteiger partial charge in [-0.2, -0.15) is 5.10 Å². The van der Waals surface area contributed by atoms with Gasteiger partial charge in [0.15, 0.2) is 0 Å². The minimum atomic E-state index is -0.424. The van der Waals surface area contributed by atoms with Crippen LogP contribution < -0.4 is 10.5 Å². The third-order valence-electron chi connectivity index (χ3n) is 3.44. The van der Waals surface area contributed by atoms with Gasteiger partial charge in [-0.15, -0.1) is 0 Å². The van der Waals surface area contributed by atoms with Crippen molar-refractivity contribution in [2.24, 2.45) is 13.0 Å². The molecule has 1 aliphatic carbocycles. The fourth-order valence-electron chi connectivity index (χ4n) is 2.05. The molecule has 0 bridgehead atoms. The van der Waals surface area contributed by atoms with Gasteiger partial charge in [0.05, 0.1) is 17.8 Å². The molecule has 1 aromatic carbocycles. The molecule has 0 spiro atoms. The molecule has 1 saturated carbocycles. The van der Waals surface area contributed by atoms with Gasteiger partial charge in [0.1, 0.15) is 17.4 Å². The lowest BCUT2D eigenvalue weighted by atomic mass is 10.1. The number of nitrogen functional groups attached to an aromatic ring is 1. The van der Waals surface area contributed by atoms with Gasteiger partial charge < -0.3 is 10.5 Å². The van der Waals surface area contributed by atoms with Crippen LogP contribution >= 0.6 is 11.6 Å². The molecule has 20 heavy (non-hydrogen) atoms. The first-order valence-corrected chi connectivity index (χ1v) is 6.83. The van der Waals surface area contributed by atoms with E-state index in [-0.39, 0.29) is 5.02 Å². The largest absolute Gasteiger partial charge is 0.491 e. The smallest absolute Gasteiger partial charge is 0.146 e. The summed E-state index contributed by atoms with van der Waals surface area (Å²) in [5.41, 5.74) is 7.12. The van der Waals surface area contributed by atoms with Crippen molar-refractivity contribution in [2.45, 2.75) is 12.8 Å². The van der Waals surface area contributed by atoms with E-state index in [4.69, 9.17) is 22.1 Å². The Hall–Kier alpha value is -1.75. The van der Waals surface area contributed by atoms with Crippen molar-refractivity contribution in [2.75, 3.05) is 12.3 Å². The number of benzene rings is 1. The van der Waals surface area contributed by atoms with Crippen LogP contribution in [0.5, 0.6) is 5.75 Å². The SMILES string of the molecule is Cn1ncc(-c2cc(F)cc(Cl)c2OCC2CC2)c1N. The zero-order valence-electron chi connectivity index (χ0n) is 11.1. The number of halogens is 2. The van der Waals surface area contributed by atoms with Crippen molar-refractivity contribution < 1.29 is 9.13 Å². The second-order valence-electron chi connectivity index (χ2n) is 5.09. The van der Waals surface area contributed by atoms with E-state index < -0.39 is 5.82 Å². The van der Waals surface area contributed by atoms with E-state index in [9.17, 15) is 4.39 Å². The first-order chi connectivity index (χ1) is 9.56. The molecule has 0 aliphatic heterocycles. The maximum Gasteiger partial charge on any atom is 0.146 e. The number of aryl methyl sites for hydroxylation is 1. The molecule has 0 unspecified atom stereocenters. The van der Waals surface area contributed by atoms with E-state index >= 15 is 0 Å². The maximum atomic E-state index is 13.6. The van der Waals surface area contributed by atoms with Crippen molar-refractivity contribution in [3.63, 3.8) is 0 Å². The van der Waals surface area contributed by atoms with E-state index in [1.54, 1.807) is 13.2 Å². The molecule has 4 nitrogen and oxygen atoms in total. The van der Waals surface area contributed by atoms with Crippen molar-refractivity contribution in [3.05, 3.63) is 29.2 Å². The van der Waals surface area contributed by atoms with E-state index in [1.807, 2.05) is 0 Å². The number of aromatic nitrogens is 2. The summed E-state index contributed by atoms with van der Waals surface area (Å²) in [4.78, 5) is 0. The van der Waals surface area contributed by atoms with Crippen LogP contribution in [0, 0.1) is 11.7 Å². The van der Waals surface area contributed by atoms with Crippen LogP contribution in [0.15, 0.2) is 18.3 Å². The lowest BCUT2D eigenvalue weighted by Crippen LogP contribution is -2.03. The Balaban J connectivity index is 2.04. The third-order valence-corrected chi connectivity index (χ3v) is 3.72. The molecule has 0 amide bonds. The molecule has 0 saturated heterocycles. The summed E-state index contributed by atoms with van der Waals surface area (Å²) < 4.78 is 20.9. The lowest BCUT2D eigenvalue weighted by Gasteiger charge is -2.13. The fraction of sp³-hybridized carbons (Fsp3) is 0.357. The zero-order chi connectivity index (χ0) is 14.3. The Morgan fingerprint density at radius 2 is 2.20 bits per heavy atom. The van der Waals surface area contributed by atoms with Crippen molar-refractivity contribution >= 4 is 17.4 Å². The maximum absolute atomic E-state index is 13.6. The molecule has 1 fully saturated rings. The Kier molecular flexibility index (Phi) is 3.30. The Labute approximate surface area is 121 Å². The number of hydrogen-bond acceptors (Lipinski definition) is 3. The van der Waals surface area contributed by atoms with E-state index in [0.29, 0.717) is 35.2 Å². The van der Waals surface area contributed by atoms with Gasteiger partial charge in [-0.1, -0.05) is 11.6 Å². The van der Waals surface area contributed by atoms with Crippen LogP contribution in [0.2, 0.25) is 5.02 Å². The molecule has 3 rings (SSSR count). The molecule has 6 heteroatoms. The standard InChI is InChI=1S/C14H15ClFN3O/c1-19-14(17)11(6-18-19)10-4-9(16)5-12(15)13(10)20-7-8-2-3-8/h4-6,8H,2-3,7,17H2,1H3. The van der Waals surface area contributed by atoms with Crippen molar-refractivity contribution in [3.8, 4) is 16.9 Å². The summed E-state index contributed by atoms with van der Waals surface area (Å²) >= 11 is 6.11. The molecule has 1 aliphatic rings. The van der Waals surface area contributed by atoms with Gasteiger partial charge in [0.2, 0.25) is 0 Å². The fourth-order valence-corrected chi connectivity index (χ4v) is 2.31. The predicted octanol–water partition coefficient (Wildman–Crippen LogP) is 3.25. The van der Waals surface area contributed by atoms with Gasteiger partial charge in [-0.05, 0) is 30.9 Å². The van der Waals surface area contributed by atoms with Crippen LogP contribution in [0.25, 0.3) is 11.1 Å². The molecule has 1 heterocycles. The highest BCUT2D eigenvalue weighted by molar-refractivity contribution is 6.32. The number of nitrogens with two attached hydrogens (primary N) is 1. The second kappa shape index (κ2) is 4.98. The van der Waals surface area contributed by atoms with Gasteiger partial charge in [0.25, 0.3) is 0 Å². The molecule has 0 radical (unpaired) electrons. The third kappa shape index (κ3) is 2.45. The van der Waals surface area contributed by atoms with E-state index in [0.717, 1.165) is 0 Å². The van der Waals surface area contributed by atoms with Crippen LogP contribution in [0.4, 0.5) is 10.2 Å². The highest BCUT2D eigenvalue weighted by Crippen LogP contribution is 2.40. The average Bonchev–Trinajstić information content (AvgIpc) is 3.15. The number of nitrogens with zero attached hydrogens (tertiary/aromatic N) is 2. The van der Waals surface area contributed by atoms with Gasteiger partial charge in [-0.25, -0.2) is 4.39 Å². The highest BCUT2D eigenvalue weighted by Gasteiger charge is 2.24. The minimum absolute atomic E-state index is 0.254. The minimum Gasteiger partial charge on any atom is -0.491 e. The zero-order valence-corrected chi connectivity index (χ0v) is 11.8. The average molecular weight is 296 g/mol. The molecular weight excluding hydrogens is 281 g/mol.